The second-order valence-electron chi connectivity index (χ2n) is 8.74. The predicted octanol–water partition coefficient (Wildman–Crippen LogP) is 3.92. The summed E-state index contributed by atoms with van der Waals surface area (Å²) in [5.41, 5.74) is 4.11. The summed E-state index contributed by atoms with van der Waals surface area (Å²) < 4.78 is 7.69. The van der Waals surface area contributed by atoms with Gasteiger partial charge < -0.3 is 10.1 Å². The van der Waals surface area contributed by atoms with Gasteiger partial charge in [-0.3, -0.25) is 19.3 Å². The Balaban J connectivity index is 1.25. The van der Waals surface area contributed by atoms with Crippen LogP contribution in [0, 0.1) is 27.7 Å². The normalized spacial score (nSPS) is 12.6. The van der Waals surface area contributed by atoms with Crippen molar-refractivity contribution in [2.45, 2.75) is 27.7 Å². The summed E-state index contributed by atoms with van der Waals surface area (Å²) in [6, 6.07) is 14.9. The van der Waals surface area contributed by atoms with Crippen molar-refractivity contribution in [2.75, 3.05) is 11.9 Å². The number of hydrogen-bond donors (Lipinski definition) is 1. The van der Waals surface area contributed by atoms with Crippen LogP contribution in [0.3, 0.4) is 0 Å². The minimum atomic E-state index is -0.487. The van der Waals surface area contributed by atoms with E-state index in [1.54, 1.807) is 66.2 Å². The quantitative estimate of drug-likeness (QED) is 0.402. The molecule has 5 rings (SSSR count). The fraction of sp³-hybridized carbons (Fsp3) is 0.185. The highest BCUT2D eigenvalue weighted by molar-refractivity contribution is 6.22. The lowest BCUT2D eigenvalue weighted by atomic mass is 10.1. The number of nitrogens with zero attached hydrogens (tertiary/aromatic N) is 5. The van der Waals surface area contributed by atoms with Gasteiger partial charge in [0, 0.05) is 17.4 Å². The number of hydrogen-bond acceptors (Lipinski definition) is 7. The van der Waals surface area contributed by atoms with E-state index in [1.807, 2.05) is 20.8 Å². The SMILES string of the molecule is Cc1nc(Oc2ccc(NC(=O)CN3C(=O)c4ccccc4C3=O)cc2)cc(-n2nc(C)c(C)c2C)n1. The average molecular weight is 497 g/mol. The predicted molar refractivity (Wildman–Crippen MR) is 135 cm³/mol. The minimum Gasteiger partial charge on any atom is -0.439 e. The molecule has 0 saturated carbocycles. The van der Waals surface area contributed by atoms with E-state index < -0.39 is 17.7 Å². The van der Waals surface area contributed by atoms with Crippen molar-refractivity contribution in [1.29, 1.82) is 0 Å². The van der Waals surface area contributed by atoms with Crippen molar-refractivity contribution in [3.8, 4) is 17.4 Å². The molecule has 37 heavy (non-hydrogen) atoms. The first-order valence-electron chi connectivity index (χ1n) is 11.6. The van der Waals surface area contributed by atoms with Gasteiger partial charge in [0.15, 0.2) is 5.82 Å². The Labute approximate surface area is 212 Å². The molecule has 1 aliphatic rings. The van der Waals surface area contributed by atoms with Crippen molar-refractivity contribution in [1.82, 2.24) is 24.6 Å². The van der Waals surface area contributed by atoms with Crippen LogP contribution < -0.4 is 10.1 Å². The summed E-state index contributed by atoms with van der Waals surface area (Å²) in [5.74, 6) is 0.564. The second-order valence-corrected chi connectivity index (χ2v) is 8.74. The fourth-order valence-electron chi connectivity index (χ4n) is 4.08. The average Bonchev–Trinajstić information content (AvgIpc) is 3.27. The molecule has 1 N–H and O–H groups in total. The Morgan fingerprint density at radius 1 is 0.919 bits per heavy atom. The minimum absolute atomic E-state index is 0.304. The second kappa shape index (κ2) is 9.30. The number of benzene rings is 2. The first-order valence-corrected chi connectivity index (χ1v) is 11.6. The molecule has 0 radical (unpaired) electrons. The van der Waals surface area contributed by atoms with E-state index >= 15 is 0 Å². The lowest BCUT2D eigenvalue weighted by molar-refractivity contribution is -0.116. The van der Waals surface area contributed by atoms with E-state index in [0.29, 0.717) is 40.1 Å². The van der Waals surface area contributed by atoms with Gasteiger partial charge in [-0.15, -0.1) is 0 Å². The van der Waals surface area contributed by atoms with E-state index in [-0.39, 0.29) is 6.54 Å². The monoisotopic (exact) mass is 496 g/mol. The molecule has 3 amide bonds. The maximum atomic E-state index is 12.5. The topological polar surface area (TPSA) is 119 Å². The number of carbonyl (C=O) groups is 3. The largest absolute Gasteiger partial charge is 0.439 e. The smallest absolute Gasteiger partial charge is 0.262 e. The number of ether oxygens (including phenoxy) is 1. The third-order valence-electron chi connectivity index (χ3n) is 6.21. The molecular formula is C27H24N6O4. The van der Waals surface area contributed by atoms with Gasteiger partial charge in [0.2, 0.25) is 11.8 Å². The molecule has 0 aliphatic carbocycles. The number of nitrogens with one attached hydrogen (secondary N) is 1. The Morgan fingerprint density at radius 3 is 2.16 bits per heavy atom. The zero-order valence-corrected chi connectivity index (χ0v) is 20.8. The Bertz CT molecular complexity index is 1520. The molecule has 2 aromatic carbocycles. The molecule has 0 saturated heterocycles. The molecule has 1 aliphatic heterocycles. The number of fused-ring (bicyclic) bond motifs is 1. The summed E-state index contributed by atoms with van der Waals surface area (Å²) in [4.78, 5) is 47.3. The number of aromatic nitrogens is 4. The number of rotatable bonds is 6. The maximum Gasteiger partial charge on any atom is 0.262 e. The van der Waals surface area contributed by atoms with Crippen LogP contribution in [0.15, 0.2) is 54.6 Å². The van der Waals surface area contributed by atoms with Crippen molar-refractivity contribution < 1.29 is 19.1 Å². The Hall–Kier alpha value is -4.86. The number of carbonyl (C=O) groups excluding carboxylic acids is 3. The number of imide groups is 1. The zero-order chi connectivity index (χ0) is 26.3. The number of anilines is 1. The van der Waals surface area contributed by atoms with Crippen LogP contribution >= 0.6 is 0 Å². The molecule has 2 aromatic heterocycles. The Morgan fingerprint density at radius 2 is 1.57 bits per heavy atom. The Kier molecular flexibility index (Phi) is 6.00. The standard InChI is InChI=1S/C27H24N6O4/c1-15-16(2)31-33(17(15)3)23-13-25(29-18(4)28-23)37-20-11-9-19(10-12-20)30-24(34)14-32-26(35)21-7-5-6-8-22(21)27(32)36/h5-13H,14H2,1-4H3,(H,30,34). The van der Waals surface area contributed by atoms with Gasteiger partial charge in [0.25, 0.3) is 11.8 Å². The zero-order valence-electron chi connectivity index (χ0n) is 20.8. The van der Waals surface area contributed by atoms with Gasteiger partial charge in [-0.2, -0.15) is 10.1 Å². The van der Waals surface area contributed by atoms with E-state index in [0.717, 1.165) is 21.9 Å². The van der Waals surface area contributed by atoms with Gasteiger partial charge in [0.1, 0.15) is 18.1 Å². The van der Waals surface area contributed by atoms with Gasteiger partial charge in [-0.1, -0.05) is 12.1 Å². The highest BCUT2D eigenvalue weighted by atomic mass is 16.5. The van der Waals surface area contributed by atoms with E-state index in [9.17, 15) is 14.4 Å². The molecule has 3 heterocycles. The molecular weight excluding hydrogens is 472 g/mol. The lowest BCUT2D eigenvalue weighted by Crippen LogP contribution is -2.37. The molecule has 0 spiro atoms. The first kappa shape index (κ1) is 23.9. The summed E-state index contributed by atoms with van der Waals surface area (Å²) >= 11 is 0. The van der Waals surface area contributed by atoms with Crippen LogP contribution in [0.5, 0.6) is 11.6 Å². The summed E-state index contributed by atoms with van der Waals surface area (Å²) in [5, 5.41) is 7.25. The highest BCUT2D eigenvalue weighted by Crippen LogP contribution is 2.25. The molecule has 0 bridgehead atoms. The van der Waals surface area contributed by atoms with Crippen LogP contribution in [0.2, 0.25) is 0 Å². The third-order valence-corrected chi connectivity index (χ3v) is 6.21. The van der Waals surface area contributed by atoms with E-state index in [4.69, 9.17) is 4.74 Å². The molecule has 4 aromatic rings. The molecule has 10 nitrogen and oxygen atoms in total. The van der Waals surface area contributed by atoms with Gasteiger partial charge in [0.05, 0.1) is 16.8 Å². The molecule has 0 fully saturated rings. The van der Waals surface area contributed by atoms with Gasteiger partial charge >= 0.3 is 0 Å². The molecule has 0 atom stereocenters. The van der Waals surface area contributed by atoms with Crippen LogP contribution in [-0.2, 0) is 4.79 Å². The van der Waals surface area contributed by atoms with Crippen molar-refractivity contribution >= 4 is 23.4 Å². The number of amides is 3. The summed E-state index contributed by atoms with van der Waals surface area (Å²) in [7, 11) is 0. The van der Waals surface area contributed by atoms with Gasteiger partial charge in [-0.05, 0) is 69.7 Å². The van der Waals surface area contributed by atoms with Crippen LogP contribution in [0.4, 0.5) is 5.69 Å². The number of aryl methyl sites for hydroxylation is 2. The van der Waals surface area contributed by atoms with Crippen molar-refractivity contribution in [3.05, 3.63) is 88.5 Å². The molecule has 186 valence electrons. The molecule has 10 heteroatoms. The van der Waals surface area contributed by atoms with Crippen molar-refractivity contribution in [2.24, 2.45) is 0 Å². The first-order chi connectivity index (χ1) is 17.7. The van der Waals surface area contributed by atoms with Crippen LogP contribution in [0.25, 0.3) is 5.82 Å². The maximum absolute atomic E-state index is 12.5. The fourth-order valence-corrected chi connectivity index (χ4v) is 4.08. The van der Waals surface area contributed by atoms with Crippen molar-refractivity contribution in [3.63, 3.8) is 0 Å². The summed E-state index contributed by atoms with van der Waals surface area (Å²) in [6.07, 6.45) is 0. The van der Waals surface area contributed by atoms with E-state index in [2.05, 4.69) is 20.4 Å². The van der Waals surface area contributed by atoms with Gasteiger partial charge in [-0.25, -0.2) is 9.67 Å². The highest BCUT2D eigenvalue weighted by Gasteiger charge is 2.36. The summed E-state index contributed by atoms with van der Waals surface area (Å²) in [6.45, 7) is 7.35. The van der Waals surface area contributed by atoms with Crippen LogP contribution in [0.1, 0.15) is 43.5 Å². The third kappa shape index (κ3) is 4.56. The molecule has 0 unspecified atom stereocenters. The lowest BCUT2D eigenvalue weighted by Gasteiger charge is -2.14. The van der Waals surface area contributed by atoms with Crippen LogP contribution in [-0.4, -0.2) is 48.9 Å². The van der Waals surface area contributed by atoms with E-state index in [1.165, 1.54) is 0 Å².